The average Bonchev–Trinajstić information content (AvgIpc) is 2.69. The first-order valence-corrected chi connectivity index (χ1v) is 7.95. The van der Waals surface area contributed by atoms with Crippen molar-refractivity contribution in [1.29, 1.82) is 0 Å². The van der Waals surface area contributed by atoms with E-state index in [1.807, 2.05) is 36.4 Å². The van der Waals surface area contributed by atoms with Crippen LogP contribution in [0.15, 0.2) is 78.2 Å². The number of benzene rings is 2. The molecule has 0 amide bonds. The fourth-order valence-corrected chi connectivity index (χ4v) is 2.75. The Hall–Kier alpha value is -3.34. The lowest BCUT2D eigenvalue weighted by molar-refractivity contribution is 0.627. The minimum Gasteiger partial charge on any atom is -0.376 e. The summed E-state index contributed by atoms with van der Waals surface area (Å²) in [5, 5.41) is 3.41. The van der Waals surface area contributed by atoms with E-state index in [0.717, 1.165) is 33.9 Å². The molecule has 124 valence electrons. The Bertz CT molecular complexity index is 939. The van der Waals surface area contributed by atoms with Crippen LogP contribution < -0.4 is 5.32 Å². The summed E-state index contributed by atoms with van der Waals surface area (Å²) in [5.41, 5.74) is 5.12. The molecule has 3 aromatic rings. The molecule has 2 heterocycles. The monoisotopic (exact) mass is 332 g/mol. The van der Waals surface area contributed by atoms with Crippen LogP contribution in [0, 0.1) is 5.82 Å². The largest absolute Gasteiger partial charge is 0.376 e. The summed E-state index contributed by atoms with van der Waals surface area (Å²) in [7, 11) is 0. The molecule has 1 aromatic heterocycles. The van der Waals surface area contributed by atoms with Crippen molar-refractivity contribution in [3.63, 3.8) is 0 Å². The van der Waals surface area contributed by atoms with Crippen molar-refractivity contribution in [2.45, 2.75) is 0 Å². The van der Waals surface area contributed by atoms with Crippen molar-refractivity contribution in [3.05, 3.63) is 95.8 Å². The zero-order valence-corrected chi connectivity index (χ0v) is 13.4. The van der Waals surface area contributed by atoms with E-state index < -0.39 is 0 Å². The highest BCUT2D eigenvalue weighted by Gasteiger charge is 2.19. The van der Waals surface area contributed by atoms with Gasteiger partial charge >= 0.3 is 0 Å². The number of halogens is 1. The smallest absolute Gasteiger partial charge is 0.123 e. The van der Waals surface area contributed by atoms with E-state index in [9.17, 15) is 4.39 Å². The Morgan fingerprint density at radius 1 is 0.920 bits per heavy atom. The van der Waals surface area contributed by atoms with Gasteiger partial charge in [0.05, 0.1) is 29.3 Å². The Morgan fingerprint density at radius 2 is 1.72 bits per heavy atom. The minimum absolute atomic E-state index is 0. The SMILES string of the molecule is Fc1ccc(C2=C(c3ccncn3)NCC(c3ccccc3)=N2)cc1.[HH]. The highest BCUT2D eigenvalue weighted by atomic mass is 19.1. The van der Waals surface area contributed by atoms with Gasteiger partial charge in [-0.05, 0) is 35.9 Å². The number of nitrogens with zero attached hydrogens (tertiary/aromatic N) is 3. The highest BCUT2D eigenvalue weighted by molar-refractivity contribution is 6.09. The lowest BCUT2D eigenvalue weighted by Crippen LogP contribution is -2.27. The van der Waals surface area contributed by atoms with E-state index in [4.69, 9.17) is 4.99 Å². The summed E-state index contributed by atoms with van der Waals surface area (Å²) in [6.45, 7) is 0.591. The van der Waals surface area contributed by atoms with E-state index in [1.54, 1.807) is 18.3 Å². The van der Waals surface area contributed by atoms with Gasteiger partial charge in [-0.15, -0.1) is 0 Å². The molecule has 4 rings (SSSR count). The first-order chi connectivity index (χ1) is 12.3. The zero-order valence-electron chi connectivity index (χ0n) is 13.4. The second-order valence-corrected chi connectivity index (χ2v) is 5.60. The van der Waals surface area contributed by atoms with Gasteiger partial charge in [0.2, 0.25) is 0 Å². The van der Waals surface area contributed by atoms with Gasteiger partial charge in [-0.25, -0.2) is 19.4 Å². The molecule has 1 N–H and O–H groups in total. The fraction of sp³-hybridized carbons (Fsp3) is 0.0500. The number of rotatable bonds is 3. The Balaban J connectivity index is 0.00000196. The molecule has 0 aliphatic carbocycles. The molecular weight excluding hydrogens is 315 g/mol. The molecule has 1 aliphatic rings. The molecule has 0 unspecified atom stereocenters. The third-order valence-corrected chi connectivity index (χ3v) is 3.98. The van der Waals surface area contributed by atoms with Crippen LogP contribution in [0.3, 0.4) is 0 Å². The van der Waals surface area contributed by atoms with Gasteiger partial charge in [0, 0.05) is 13.2 Å². The molecule has 5 heteroatoms. The number of hydrogen-bond donors (Lipinski definition) is 1. The molecule has 4 nitrogen and oxygen atoms in total. The molecule has 25 heavy (non-hydrogen) atoms. The third-order valence-electron chi connectivity index (χ3n) is 3.98. The summed E-state index contributed by atoms with van der Waals surface area (Å²) in [5.74, 6) is -0.274. The van der Waals surface area contributed by atoms with Crippen LogP contribution in [0.25, 0.3) is 11.4 Å². The summed E-state index contributed by atoms with van der Waals surface area (Å²) >= 11 is 0. The first kappa shape index (κ1) is 15.2. The molecule has 0 saturated heterocycles. The maximum atomic E-state index is 13.3. The molecule has 0 radical (unpaired) electrons. The number of aromatic nitrogens is 2. The van der Waals surface area contributed by atoms with Gasteiger partial charge in [0.1, 0.15) is 12.1 Å². The second-order valence-electron chi connectivity index (χ2n) is 5.60. The summed E-state index contributed by atoms with van der Waals surface area (Å²) < 4.78 is 13.3. The Labute approximate surface area is 146 Å². The summed E-state index contributed by atoms with van der Waals surface area (Å²) in [4.78, 5) is 13.1. The van der Waals surface area contributed by atoms with Crippen LogP contribution in [-0.4, -0.2) is 22.2 Å². The highest BCUT2D eigenvalue weighted by Crippen LogP contribution is 2.28. The van der Waals surface area contributed by atoms with Crippen LogP contribution >= 0.6 is 0 Å². The molecule has 0 saturated carbocycles. The summed E-state index contributed by atoms with van der Waals surface area (Å²) in [6.07, 6.45) is 3.19. The standard InChI is InChI=1S/C20H15FN4.H2/c21-16-8-6-15(7-9-16)19-20(17-10-11-22-13-24-17)23-12-18(25-19)14-4-2-1-3-5-14;/h1-11,13,23H,12H2;1H. The van der Waals surface area contributed by atoms with Crippen LogP contribution in [0.5, 0.6) is 0 Å². The van der Waals surface area contributed by atoms with Gasteiger partial charge < -0.3 is 5.32 Å². The topological polar surface area (TPSA) is 50.2 Å². The number of aliphatic imine (C=N–C) groups is 1. The summed E-state index contributed by atoms with van der Waals surface area (Å²) in [6, 6.07) is 18.2. The predicted octanol–water partition coefficient (Wildman–Crippen LogP) is 3.78. The van der Waals surface area contributed by atoms with Crippen molar-refractivity contribution in [3.8, 4) is 0 Å². The van der Waals surface area contributed by atoms with Gasteiger partial charge in [-0.1, -0.05) is 30.3 Å². The molecule has 0 atom stereocenters. The quantitative estimate of drug-likeness (QED) is 0.794. The molecular formula is C20H17FN4. The van der Waals surface area contributed by atoms with E-state index in [-0.39, 0.29) is 7.24 Å². The van der Waals surface area contributed by atoms with Crippen molar-refractivity contribution in [2.75, 3.05) is 6.54 Å². The van der Waals surface area contributed by atoms with Crippen molar-refractivity contribution in [1.82, 2.24) is 15.3 Å². The Morgan fingerprint density at radius 3 is 2.44 bits per heavy atom. The number of hydrogen-bond acceptors (Lipinski definition) is 4. The van der Waals surface area contributed by atoms with Crippen LogP contribution in [0.1, 0.15) is 18.2 Å². The lowest BCUT2D eigenvalue weighted by Gasteiger charge is -2.21. The predicted molar refractivity (Wildman–Crippen MR) is 98.3 cm³/mol. The molecule has 0 fully saturated rings. The third kappa shape index (κ3) is 3.17. The second kappa shape index (κ2) is 6.65. The zero-order chi connectivity index (χ0) is 17.1. The van der Waals surface area contributed by atoms with Crippen molar-refractivity contribution < 1.29 is 5.82 Å². The van der Waals surface area contributed by atoms with E-state index in [0.29, 0.717) is 6.54 Å². The van der Waals surface area contributed by atoms with Gasteiger partial charge in [-0.3, -0.25) is 0 Å². The van der Waals surface area contributed by atoms with Gasteiger partial charge in [0.25, 0.3) is 0 Å². The van der Waals surface area contributed by atoms with Gasteiger partial charge in [-0.2, -0.15) is 0 Å². The number of nitrogens with one attached hydrogen (secondary N) is 1. The van der Waals surface area contributed by atoms with Crippen LogP contribution in [0.2, 0.25) is 0 Å². The molecule has 1 aliphatic heterocycles. The maximum absolute atomic E-state index is 13.3. The molecule has 2 aromatic carbocycles. The van der Waals surface area contributed by atoms with Crippen LogP contribution in [-0.2, 0) is 0 Å². The van der Waals surface area contributed by atoms with Crippen molar-refractivity contribution in [2.24, 2.45) is 4.99 Å². The fourth-order valence-electron chi connectivity index (χ4n) is 2.75. The minimum atomic E-state index is -0.274. The average molecular weight is 332 g/mol. The van der Waals surface area contributed by atoms with E-state index in [1.165, 1.54) is 18.5 Å². The molecule has 0 bridgehead atoms. The van der Waals surface area contributed by atoms with E-state index in [2.05, 4.69) is 15.3 Å². The van der Waals surface area contributed by atoms with Gasteiger partial charge in [0.15, 0.2) is 0 Å². The van der Waals surface area contributed by atoms with E-state index >= 15 is 0 Å². The molecule has 0 spiro atoms. The van der Waals surface area contributed by atoms with Crippen LogP contribution in [0.4, 0.5) is 4.39 Å². The first-order valence-electron chi connectivity index (χ1n) is 7.95. The normalized spacial score (nSPS) is 14.0. The lowest BCUT2D eigenvalue weighted by atomic mass is 10.0. The maximum Gasteiger partial charge on any atom is 0.123 e. The van der Waals surface area contributed by atoms with Crippen molar-refractivity contribution >= 4 is 17.1 Å². The Kier molecular flexibility index (Phi) is 4.04.